The van der Waals surface area contributed by atoms with Gasteiger partial charge in [0.15, 0.2) is 0 Å². The summed E-state index contributed by atoms with van der Waals surface area (Å²) >= 11 is 0. The first-order chi connectivity index (χ1) is 12.2. The summed E-state index contributed by atoms with van der Waals surface area (Å²) in [6.07, 6.45) is 1.61. The molecule has 0 aliphatic heterocycles. The third-order valence-corrected chi connectivity index (χ3v) is 3.71. The van der Waals surface area contributed by atoms with Crippen LogP contribution >= 0.6 is 0 Å². The molecule has 0 radical (unpaired) electrons. The highest BCUT2D eigenvalue weighted by atomic mass is 16.5. The number of H-pyrrole nitrogens is 1. The fourth-order valence-electron chi connectivity index (χ4n) is 2.45. The lowest BCUT2D eigenvalue weighted by Gasteiger charge is -2.09. The fraction of sp³-hybridized carbons (Fsp3) is 0.111. The number of carbonyl (C=O) groups excluding carboxylic acids is 2. The summed E-state index contributed by atoms with van der Waals surface area (Å²) < 4.78 is 5.13. The number of ether oxygens (including phenoxy) is 1. The topological polar surface area (TPSA) is 95.2 Å². The van der Waals surface area contributed by atoms with Crippen molar-refractivity contribution in [2.75, 3.05) is 7.11 Å². The molecule has 4 N–H and O–H groups in total. The van der Waals surface area contributed by atoms with Gasteiger partial charge in [0.2, 0.25) is 0 Å². The van der Waals surface area contributed by atoms with Crippen LogP contribution in [0.15, 0.2) is 54.7 Å². The average Bonchev–Trinajstić information content (AvgIpc) is 3.09. The molecule has 3 amide bonds. The largest absolute Gasteiger partial charge is 0.497 e. The lowest BCUT2D eigenvalue weighted by atomic mass is 10.2. The molecule has 0 atom stereocenters. The summed E-state index contributed by atoms with van der Waals surface area (Å²) in [5, 5.41) is 3.45. The Kier molecular flexibility index (Phi) is 4.84. The van der Waals surface area contributed by atoms with Crippen LogP contribution in [0.5, 0.6) is 5.75 Å². The van der Waals surface area contributed by atoms with Crippen LogP contribution in [0, 0.1) is 0 Å². The lowest BCUT2D eigenvalue weighted by Crippen LogP contribution is -2.46. The Morgan fingerprint density at radius 3 is 2.76 bits per heavy atom. The number of methoxy groups -OCH3 is 1. The fourth-order valence-corrected chi connectivity index (χ4v) is 2.45. The van der Waals surface area contributed by atoms with E-state index in [1.165, 1.54) is 0 Å². The Morgan fingerprint density at radius 1 is 1.08 bits per heavy atom. The van der Waals surface area contributed by atoms with Gasteiger partial charge in [0.05, 0.1) is 12.7 Å². The van der Waals surface area contributed by atoms with Crippen LogP contribution in [0.25, 0.3) is 10.9 Å². The van der Waals surface area contributed by atoms with Crippen molar-refractivity contribution in [1.29, 1.82) is 0 Å². The molecule has 0 fully saturated rings. The molecule has 0 aliphatic carbocycles. The number of carbonyl (C=O) groups is 2. The van der Waals surface area contributed by atoms with Gasteiger partial charge in [-0.15, -0.1) is 0 Å². The number of rotatable bonds is 4. The third-order valence-electron chi connectivity index (χ3n) is 3.71. The van der Waals surface area contributed by atoms with Crippen LogP contribution < -0.4 is 20.9 Å². The van der Waals surface area contributed by atoms with Gasteiger partial charge >= 0.3 is 6.03 Å². The predicted molar refractivity (Wildman–Crippen MR) is 94.1 cm³/mol. The molecule has 1 heterocycles. The van der Waals surface area contributed by atoms with Crippen LogP contribution in [0.3, 0.4) is 0 Å². The van der Waals surface area contributed by atoms with E-state index in [2.05, 4.69) is 21.2 Å². The maximum Gasteiger partial charge on any atom is 0.333 e. The van der Waals surface area contributed by atoms with Crippen LogP contribution in [0.1, 0.15) is 15.9 Å². The Bertz CT molecular complexity index is 904. The molecule has 3 rings (SSSR count). The summed E-state index contributed by atoms with van der Waals surface area (Å²) in [5.74, 6) is 0.321. The van der Waals surface area contributed by atoms with Crippen LogP contribution in [0.2, 0.25) is 0 Å². The highest BCUT2D eigenvalue weighted by Crippen LogP contribution is 2.17. The number of urea groups is 1. The summed E-state index contributed by atoms with van der Waals surface area (Å²) in [4.78, 5) is 27.0. The molecule has 0 spiro atoms. The minimum atomic E-state index is -0.504. The summed E-state index contributed by atoms with van der Waals surface area (Å²) in [6, 6.07) is 14.3. The van der Waals surface area contributed by atoms with Crippen molar-refractivity contribution in [3.8, 4) is 5.75 Å². The SMILES string of the molecule is COc1cccc(CNC(=O)NNC(=O)c2c[nH]c3ccccc23)c1. The molecule has 0 saturated carbocycles. The molecule has 0 unspecified atom stereocenters. The number of hydrazine groups is 1. The van der Waals surface area contributed by atoms with Gasteiger partial charge in [-0.3, -0.25) is 10.2 Å². The Balaban J connectivity index is 1.52. The Morgan fingerprint density at radius 2 is 1.92 bits per heavy atom. The number of benzene rings is 2. The highest BCUT2D eigenvalue weighted by molar-refractivity contribution is 6.07. The number of fused-ring (bicyclic) bond motifs is 1. The van der Waals surface area contributed by atoms with Gasteiger partial charge in [0.25, 0.3) is 5.91 Å². The highest BCUT2D eigenvalue weighted by Gasteiger charge is 2.12. The van der Waals surface area contributed by atoms with Crippen molar-refractivity contribution in [1.82, 2.24) is 21.2 Å². The van der Waals surface area contributed by atoms with E-state index in [0.717, 1.165) is 16.5 Å². The van der Waals surface area contributed by atoms with Crippen molar-refractivity contribution in [3.63, 3.8) is 0 Å². The first-order valence-corrected chi connectivity index (χ1v) is 7.70. The van der Waals surface area contributed by atoms with E-state index in [0.29, 0.717) is 17.9 Å². The molecule has 128 valence electrons. The second-order valence-corrected chi connectivity index (χ2v) is 5.36. The number of aromatic nitrogens is 1. The van der Waals surface area contributed by atoms with E-state index < -0.39 is 11.9 Å². The van der Waals surface area contributed by atoms with Crippen LogP contribution in [-0.4, -0.2) is 24.0 Å². The Hall–Kier alpha value is -3.48. The Labute approximate surface area is 144 Å². The summed E-state index contributed by atoms with van der Waals surface area (Å²) in [6.45, 7) is 0.311. The number of nitrogens with one attached hydrogen (secondary N) is 4. The summed E-state index contributed by atoms with van der Waals surface area (Å²) in [7, 11) is 1.58. The second-order valence-electron chi connectivity index (χ2n) is 5.36. The zero-order valence-electron chi connectivity index (χ0n) is 13.6. The normalized spacial score (nSPS) is 10.3. The molecule has 7 nitrogen and oxygen atoms in total. The van der Waals surface area contributed by atoms with Gasteiger partial charge in [-0.1, -0.05) is 30.3 Å². The maximum atomic E-state index is 12.2. The summed E-state index contributed by atoms with van der Waals surface area (Å²) in [5.41, 5.74) is 6.93. The van der Waals surface area contributed by atoms with Crippen LogP contribution in [0.4, 0.5) is 4.79 Å². The van der Waals surface area contributed by atoms with Gasteiger partial charge in [0.1, 0.15) is 5.75 Å². The molecule has 7 heteroatoms. The van der Waals surface area contributed by atoms with E-state index in [1.54, 1.807) is 13.3 Å². The third kappa shape index (κ3) is 3.89. The number of hydrogen-bond donors (Lipinski definition) is 4. The standard InChI is InChI=1S/C18H18N4O3/c1-25-13-6-4-5-12(9-13)10-20-18(24)22-21-17(23)15-11-19-16-8-3-2-7-14(15)16/h2-9,11,19H,10H2,1H3,(H,21,23)(H2,20,22,24). The molecule has 25 heavy (non-hydrogen) atoms. The average molecular weight is 338 g/mol. The molecule has 0 saturated heterocycles. The van der Waals surface area contributed by atoms with Crippen molar-refractivity contribution < 1.29 is 14.3 Å². The number of para-hydroxylation sites is 1. The van der Waals surface area contributed by atoms with Gasteiger partial charge in [-0.2, -0.15) is 0 Å². The molecule has 2 aromatic carbocycles. The van der Waals surface area contributed by atoms with E-state index in [-0.39, 0.29) is 0 Å². The van der Waals surface area contributed by atoms with Crippen molar-refractivity contribution in [2.45, 2.75) is 6.54 Å². The maximum absolute atomic E-state index is 12.2. The number of amides is 3. The number of hydrogen-bond acceptors (Lipinski definition) is 3. The lowest BCUT2D eigenvalue weighted by molar-refractivity contribution is 0.0938. The molecule has 1 aromatic heterocycles. The first-order valence-electron chi connectivity index (χ1n) is 7.70. The zero-order valence-corrected chi connectivity index (χ0v) is 13.6. The molecule has 0 bridgehead atoms. The van der Waals surface area contributed by atoms with E-state index in [4.69, 9.17) is 4.74 Å². The minimum absolute atomic E-state index is 0.311. The van der Waals surface area contributed by atoms with E-state index in [9.17, 15) is 9.59 Å². The molecule has 0 aliphatic rings. The first kappa shape index (κ1) is 16.4. The smallest absolute Gasteiger partial charge is 0.333 e. The van der Waals surface area contributed by atoms with E-state index in [1.807, 2.05) is 48.5 Å². The zero-order chi connectivity index (χ0) is 17.6. The molecular formula is C18H18N4O3. The monoisotopic (exact) mass is 338 g/mol. The second kappa shape index (κ2) is 7.39. The van der Waals surface area contributed by atoms with Crippen molar-refractivity contribution in [3.05, 3.63) is 65.9 Å². The van der Waals surface area contributed by atoms with Gasteiger partial charge in [0, 0.05) is 23.6 Å². The van der Waals surface area contributed by atoms with Gasteiger partial charge in [-0.05, 0) is 23.8 Å². The van der Waals surface area contributed by atoms with Gasteiger partial charge < -0.3 is 15.0 Å². The molecular weight excluding hydrogens is 320 g/mol. The van der Waals surface area contributed by atoms with Crippen molar-refractivity contribution in [2.24, 2.45) is 0 Å². The van der Waals surface area contributed by atoms with E-state index >= 15 is 0 Å². The van der Waals surface area contributed by atoms with Gasteiger partial charge in [-0.25, -0.2) is 10.2 Å². The van der Waals surface area contributed by atoms with Crippen molar-refractivity contribution >= 4 is 22.8 Å². The minimum Gasteiger partial charge on any atom is -0.497 e. The quantitative estimate of drug-likeness (QED) is 0.550. The van der Waals surface area contributed by atoms with Crippen LogP contribution in [-0.2, 0) is 6.54 Å². The number of aromatic amines is 1. The predicted octanol–water partition coefficient (Wildman–Crippen LogP) is 2.32. The molecule has 3 aromatic rings.